The zero-order chi connectivity index (χ0) is 13.2. The molecule has 3 nitrogen and oxygen atoms in total. The molecule has 0 heterocycles. The Balaban J connectivity index is 2.85. The predicted molar refractivity (Wildman–Crippen MR) is 72.0 cm³/mol. The van der Waals surface area contributed by atoms with Gasteiger partial charge in [0.25, 0.3) is 5.91 Å². The smallest absolute Gasteiger partial charge is 0.253 e. The van der Waals surface area contributed by atoms with Gasteiger partial charge < -0.3 is 10.6 Å². The molecule has 0 aromatic heterocycles. The van der Waals surface area contributed by atoms with Gasteiger partial charge in [0, 0.05) is 24.8 Å². The van der Waals surface area contributed by atoms with Crippen molar-refractivity contribution in [3.05, 3.63) is 29.3 Å². The highest BCUT2D eigenvalue weighted by Gasteiger charge is 2.18. The predicted octanol–water partition coefficient (Wildman–Crippen LogP) is 2.70. The lowest BCUT2D eigenvalue weighted by atomic mass is 9.96. The van der Waals surface area contributed by atoms with Crippen LogP contribution in [0.25, 0.3) is 0 Å². The topological polar surface area (TPSA) is 46.3 Å². The third kappa shape index (κ3) is 3.77. The van der Waals surface area contributed by atoms with Crippen LogP contribution in [-0.4, -0.2) is 24.4 Å². The molecule has 1 amide bonds. The van der Waals surface area contributed by atoms with E-state index in [-0.39, 0.29) is 11.3 Å². The molecule has 0 saturated heterocycles. The SMILES string of the molecule is Cc1cc(C(=O)N(C)CC(C)(C)C)ccc1N. The number of carbonyl (C=O) groups is 1. The zero-order valence-corrected chi connectivity index (χ0v) is 11.4. The van der Waals surface area contributed by atoms with Gasteiger partial charge in [-0.1, -0.05) is 20.8 Å². The van der Waals surface area contributed by atoms with Crippen molar-refractivity contribution < 1.29 is 4.79 Å². The molecular weight excluding hydrogens is 212 g/mol. The minimum atomic E-state index is 0.0445. The van der Waals surface area contributed by atoms with Crippen molar-refractivity contribution >= 4 is 11.6 Å². The molecule has 94 valence electrons. The maximum absolute atomic E-state index is 12.2. The van der Waals surface area contributed by atoms with Gasteiger partial charge in [0.1, 0.15) is 0 Å². The molecular formula is C14H22N2O. The largest absolute Gasteiger partial charge is 0.399 e. The second kappa shape index (κ2) is 4.78. The first-order chi connectivity index (χ1) is 7.70. The van der Waals surface area contributed by atoms with Gasteiger partial charge in [-0.15, -0.1) is 0 Å². The van der Waals surface area contributed by atoms with Gasteiger partial charge >= 0.3 is 0 Å². The number of benzene rings is 1. The Bertz CT molecular complexity index is 419. The fourth-order valence-corrected chi connectivity index (χ4v) is 1.81. The molecule has 1 aromatic carbocycles. The van der Waals surface area contributed by atoms with Crippen LogP contribution in [0.1, 0.15) is 36.7 Å². The number of amides is 1. The summed E-state index contributed by atoms with van der Waals surface area (Å²) in [6, 6.07) is 5.41. The summed E-state index contributed by atoms with van der Waals surface area (Å²) in [5.41, 5.74) is 8.21. The highest BCUT2D eigenvalue weighted by Crippen LogP contribution is 2.18. The minimum Gasteiger partial charge on any atom is -0.399 e. The first kappa shape index (κ1) is 13.6. The minimum absolute atomic E-state index is 0.0445. The Morgan fingerprint density at radius 3 is 2.41 bits per heavy atom. The van der Waals surface area contributed by atoms with E-state index in [9.17, 15) is 4.79 Å². The van der Waals surface area contributed by atoms with Crippen molar-refractivity contribution in [2.24, 2.45) is 5.41 Å². The third-order valence-electron chi connectivity index (χ3n) is 2.57. The Labute approximate surface area is 104 Å². The Morgan fingerprint density at radius 1 is 1.35 bits per heavy atom. The van der Waals surface area contributed by atoms with E-state index in [1.807, 2.05) is 20.0 Å². The molecule has 0 radical (unpaired) electrons. The Kier molecular flexibility index (Phi) is 3.81. The molecule has 0 aliphatic heterocycles. The molecule has 0 unspecified atom stereocenters. The molecule has 0 spiro atoms. The molecule has 0 aliphatic rings. The van der Waals surface area contributed by atoms with E-state index >= 15 is 0 Å². The van der Waals surface area contributed by atoms with E-state index in [0.29, 0.717) is 5.56 Å². The second-order valence-electron chi connectivity index (χ2n) is 5.79. The first-order valence-electron chi connectivity index (χ1n) is 5.82. The Hall–Kier alpha value is -1.51. The summed E-state index contributed by atoms with van der Waals surface area (Å²) in [6.45, 7) is 8.99. The van der Waals surface area contributed by atoms with Gasteiger partial charge in [0.2, 0.25) is 0 Å². The van der Waals surface area contributed by atoms with Crippen LogP contribution in [0.5, 0.6) is 0 Å². The van der Waals surface area contributed by atoms with Gasteiger partial charge in [0.05, 0.1) is 0 Å². The summed E-state index contributed by atoms with van der Waals surface area (Å²) in [5, 5.41) is 0. The highest BCUT2D eigenvalue weighted by molar-refractivity contribution is 5.94. The van der Waals surface area contributed by atoms with Gasteiger partial charge in [-0.25, -0.2) is 0 Å². The van der Waals surface area contributed by atoms with Crippen LogP contribution in [-0.2, 0) is 0 Å². The standard InChI is InChI=1S/C14H22N2O/c1-10-8-11(6-7-12(10)15)13(17)16(5)9-14(2,3)4/h6-8H,9,15H2,1-5H3. The lowest BCUT2D eigenvalue weighted by Crippen LogP contribution is -2.34. The zero-order valence-electron chi connectivity index (χ0n) is 11.4. The van der Waals surface area contributed by atoms with Gasteiger partial charge in [-0.2, -0.15) is 0 Å². The van der Waals surface area contributed by atoms with Crippen LogP contribution in [0.2, 0.25) is 0 Å². The van der Waals surface area contributed by atoms with Crippen LogP contribution in [0.4, 0.5) is 5.69 Å². The van der Waals surface area contributed by atoms with Crippen molar-refractivity contribution in [3.8, 4) is 0 Å². The number of carbonyl (C=O) groups excluding carboxylic acids is 1. The van der Waals surface area contributed by atoms with E-state index in [4.69, 9.17) is 5.73 Å². The summed E-state index contributed by atoms with van der Waals surface area (Å²) in [5.74, 6) is 0.0445. The molecule has 1 aromatic rings. The maximum Gasteiger partial charge on any atom is 0.253 e. The molecule has 1 rings (SSSR count). The molecule has 17 heavy (non-hydrogen) atoms. The third-order valence-corrected chi connectivity index (χ3v) is 2.57. The van der Waals surface area contributed by atoms with Gasteiger partial charge in [-0.05, 0) is 36.1 Å². The fraction of sp³-hybridized carbons (Fsp3) is 0.500. The monoisotopic (exact) mass is 234 g/mol. The maximum atomic E-state index is 12.2. The normalized spacial score (nSPS) is 11.4. The molecule has 3 heteroatoms. The highest BCUT2D eigenvalue weighted by atomic mass is 16.2. The number of nitrogens with two attached hydrogens (primary N) is 1. The number of nitrogen functional groups attached to an aromatic ring is 1. The Morgan fingerprint density at radius 2 is 1.94 bits per heavy atom. The summed E-state index contributed by atoms with van der Waals surface area (Å²) in [7, 11) is 1.83. The van der Waals surface area contributed by atoms with Crippen molar-refractivity contribution in [2.75, 3.05) is 19.3 Å². The second-order valence-corrected chi connectivity index (χ2v) is 5.79. The van der Waals surface area contributed by atoms with E-state index in [1.165, 1.54) is 0 Å². The van der Waals surface area contributed by atoms with E-state index in [1.54, 1.807) is 17.0 Å². The molecule has 0 aliphatic carbocycles. The molecule has 2 N–H and O–H groups in total. The van der Waals surface area contributed by atoms with E-state index < -0.39 is 0 Å². The van der Waals surface area contributed by atoms with E-state index in [2.05, 4.69) is 20.8 Å². The molecule has 0 bridgehead atoms. The van der Waals surface area contributed by atoms with Crippen molar-refractivity contribution in [1.82, 2.24) is 4.90 Å². The van der Waals surface area contributed by atoms with Gasteiger partial charge in [-0.3, -0.25) is 4.79 Å². The fourth-order valence-electron chi connectivity index (χ4n) is 1.81. The van der Waals surface area contributed by atoms with Crippen molar-refractivity contribution in [1.29, 1.82) is 0 Å². The van der Waals surface area contributed by atoms with Crippen LogP contribution in [0.3, 0.4) is 0 Å². The number of hydrogen-bond acceptors (Lipinski definition) is 2. The lowest BCUT2D eigenvalue weighted by Gasteiger charge is -2.26. The summed E-state index contributed by atoms with van der Waals surface area (Å²) < 4.78 is 0. The van der Waals surface area contributed by atoms with E-state index in [0.717, 1.165) is 17.8 Å². The number of hydrogen-bond donors (Lipinski definition) is 1. The number of rotatable bonds is 2. The first-order valence-corrected chi connectivity index (χ1v) is 5.82. The average molecular weight is 234 g/mol. The lowest BCUT2D eigenvalue weighted by molar-refractivity contribution is 0.0745. The molecule has 0 saturated carbocycles. The van der Waals surface area contributed by atoms with Crippen LogP contribution < -0.4 is 5.73 Å². The van der Waals surface area contributed by atoms with Crippen molar-refractivity contribution in [3.63, 3.8) is 0 Å². The van der Waals surface area contributed by atoms with Crippen LogP contribution >= 0.6 is 0 Å². The number of nitrogens with zero attached hydrogens (tertiary/aromatic N) is 1. The van der Waals surface area contributed by atoms with Gasteiger partial charge in [0.15, 0.2) is 0 Å². The summed E-state index contributed by atoms with van der Waals surface area (Å²) in [6.07, 6.45) is 0. The van der Waals surface area contributed by atoms with Crippen molar-refractivity contribution in [2.45, 2.75) is 27.7 Å². The summed E-state index contributed by atoms with van der Waals surface area (Å²) in [4.78, 5) is 13.9. The number of anilines is 1. The van der Waals surface area contributed by atoms with Crippen LogP contribution in [0, 0.1) is 12.3 Å². The average Bonchev–Trinajstić information content (AvgIpc) is 2.18. The molecule has 0 atom stereocenters. The van der Waals surface area contributed by atoms with Crippen LogP contribution in [0.15, 0.2) is 18.2 Å². The quantitative estimate of drug-likeness (QED) is 0.800. The number of aryl methyl sites for hydroxylation is 1. The molecule has 0 fully saturated rings. The summed E-state index contributed by atoms with van der Waals surface area (Å²) >= 11 is 0.